The Morgan fingerprint density at radius 1 is 1.10 bits per heavy atom. The normalized spacial score (nSPS) is 15.3. The number of fused-ring (bicyclic) bond motifs is 1. The maximum absolute atomic E-state index is 12.1. The Morgan fingerprint density at radius 3 is 2.50 bits per heavy atom. The minimum Gasteiger partial charge on any atom is -0.320 e. The number of para-hydroxylation sites is 1. The largest absolute Gasteiger partial charge is 0.320 e. The van der Waals surface area contributed by atoms with E-state index in [0.717, 1.165) is 32.5 Å². The number of nitrogens with one attached hydrogen (secondary N) is 1. The first kappa shape index (κ1) is 13.1. The molecule has 0 bridgehead atoms. The molecule has 0 atom stereocenters. The first-order valence-corrected chi connectivity index (χ1v) is 7.12. The number of benzene rings is 2. The highest BCUT2D eigenvalue weighted by molar-refractivity contribution is 9.10. The van der Waals surface area contributed by atoms with E-state index in [0.29, 0.717) is 5.71 Å². The second-order valence-corrected chi connectivity index (χ2v) is 5.76. The lowest BCUT2D eigenvalue weighted by atomic mass is 10.1. The third kappa shape index (κ3) is 2.16. The topological polar surface area (TPSA) is 41.5 Å². The monoisotopic (exact) mass is 328 g/mol. The number of rotatable bonds is 1. The predicted octanol–water partition coefficient (Wildman–Crippen LogP) is 4.14. The zero-order valence-corrected chi connectivity index (χ0v) is 12.8. The van der Waals surface area contributed by atoms with Gasteiger partial charge in [-0.15, -0.1) is 0 Å². The molecule has 0 aliphatic carbocycles. The SMILES string of the molecule is Cc1cccc(C)c1N=C1C(=O)Nc2ccc(Br)cc21. The fourth-order valence-corrected chi connectivity index (χ4v) is 2.69. The minimum absolute atomic E-state index is 0.152. The Morgan fingerprint density at radius 2 is 1.80 bits per heavy atom. The van der Waals surface area contributed by atoms with Crippen LogP contribution in [0.3, 0.4) is 0 Å². The lowest BCUT2D eigenvalue weighted by molar-refractivity contribution is -0.110. The molecule has 20 heavy (non-hydrogen) atoms. The van der Waals surface area contributed by atoms with E-state index >= 15 is 0 Å². The molecule has 1 N–H and O–H groups in total. The van der Waals surface area contributed by atoms with Crippen molar-refractivity contribution in [3.63, 3.8) is 0 Å². The van der Waals surface area contributed by atoms with Gasteiger partial charge in [-0.1, -0.05) is 34.1 Å². The van der Waals surface area contributed by atoms with Gasteiger partial charge in [0.1, 0.15) is 5.71 Å². The zero-order chi connectivity index (χ0) is 14.3. The molecule has 3 nitrogen and oxygen atoms in total. The lowest BCUT2D eigenvalue weighted by Gasteiger charge is -2.05. The lowest BCUT2D eigenvalue weighted by Crippen LogP contribution is -2.14. The molecule has 3 rings (SSSR count). The van der Waals surface area contributed by atoms with E-state index in [4.69, 9.17) is 0 Å². The number of nitrogens with zero attached hydrogens (tertiary/aromatic N) is 1. The molecule has 0 radical (unpaired) electrons. The third-order valence-electron chi connectivity index (χ3n) is 3.36. The molecule has 0 saturated heterocycles. The van der Waals surface area contributed by atoms with Crippen LogP contribution in [0.1, 0.15) is 16.7 Å². The molecule has 100 valence electrons. The van der Waals surface area contributed by atoms with Crippen molar-refractivity contribution in [2.45, 2.75) is 13.8 Å². The van der Waals surface area contributed by atoms with Crippen molar-refractivity contribution >= 4 is 38.9 Å². The molecule has 4 heteroatoms. The number of anilines is 1. The minimum atomic E-state index is -0.152. The molecule has 1 aliphatic heterocycles. The van der Waals surface area contributed by atoms with Crippen molar-refractivity contribution in [1.82, 2.24) is 0 Å². The Kier molecular flexibility index (Phi) is 3.18. The molecule has 2 aromatic rings. The Bertz CT molecular complexity index is 730. The number of carbonyl (C=O) groups excluding carboxylic acids is 1. The van der Waals surface area contributed by atoms with Gasteiger partial charge in [-0.25, -0.2) is 4.99 Å². The average molecular weight is 329 g/mol. The number of aryl methyl sites for hydroxylation is 2. The summed E-state index contributed by atoms with van der Waals surface area (Å²) in [6.07, 6.45) is 0. The fourth-order valence-electron chi connectivity index (χ4n) is 2.33. The molecule has 0 spiro atoms. The van der Waals surface area contributed by atoms with Gasteiger partial charge in [0.25, 0.3) is 5.91 Å². The van der Waals surface area contributed by atoms with Crippen molar-refractivity contribution in [2.24, 2.45) is 4.99 Å². The highest BCUT2D eigenvalue weighted by Gasteiger charge is 2.26. The zero-order valence-electron chi connectivity index (χ0n) is 11.2. The summed E-state index contributed by atoms with van der Waals surface area (Å²) in [6.45, 7) is 4.00. The van der Waals surface area contributed by atoms with Gasteiger partial charge in [0.15, 0.2) is 0 Å². The van der Waals surface area contributed by atoms with Gasteiger partial charge in [-0.3, -0.25) is 4.79 Å². The van der Waals surface area contributed by atoms with Gasteiger partial charge in [-0.05, 0) is 43.2 Å². The quantitative estimate of drug-likeness (QED) is 0.839. The summed E-state index contributed by atoms with van der Waals surface area (Å²) < 4.78 is 0.932. The molecule has 1 amide bonds. The number of carbonyl (C=O) groups is 1. The van der Waals surface area contributed by atoms with E-state index in [9.17, 15) is 4.79 Å². The van der Waals surface area contributed by atoms with E-state index < -0.39 is 0 Å². The van der Waals surface area contributed by atoms with Crippen molar-refractivity contribution in [1.29, 1.82) is 0 Å². The molecule has 0 aromatic heterocycles. The van der Waals surface area contributed by atoms with Crippen LogP contribution < -0.4 is 5.32 Å². The Balaban J connectivity index is 2.18. The maximum atomic E-state index is 12.1. The fraction of sp³-hybridized carbons (Fsp3) is 0.125. The van der Waals surface area contributed by atoms with Crippen LogP contribution in [-0.4, -0.2) is 11.6 Å². The molecule has 1 aliphatic rings. The van der Waals surface area contributed by atoms with Crippen LogP contribution in [-0.2, 0) is 4.79 Å². The summed E-state index contributed by atoms with van der Waals surface area (Å²) in [6, 6.07) is 11.7. The molecular formula is C16H13BrN2O. The van der Waals surface area contributed by atoms with Gasteiger partial charge in [0.05, 0.1) is 11.4 Å². The Labute approximate surface area is 125 Å². The second-order valence-electron chi connectivity index (χ2n) is 4.84. The van der Waals surface area contributed by atoms with Gasteiger partial charge in [0.2, 0.25) is 0 Å². The van der Waals surface area contributed by atoms with Crippen LogP contribution in [0.25, 0.3) is 0 Å². The van der Waals surface area contributed by atoms with Crippen molar-refractivity contribution in [3.05, 3.63) is 57.6 Å². The van der Waals surface area contributed by atoms with E-state index in [1.807, 2.05) is 50.2 Å². The molecule has 2 aromatic carbocycles. The van der Waals surface area contributed by atoms with Gasteiger partial charge >= 0.3 is 0 Å². The first-order chi connectivity index (χ1) is 9.56. The van der Waals surface area contributed by atoms with E-state index in [1.54, 1.807) is 0 Å². The number of amides is 1. The first-order valence-electron chi connectivity index (χ1n) is 6.32. The summed E-state index contributed by atoms with van der Waals surface area (Å²) in [5.41, 5.74) is 5.11. The van der Waals surface area contributed by atoms with Crippen LogP contribution in [0.5, 0.6) is 0 Å². The van der Waals surface area contributed by atoms with Crippen LogP contribution >= 0.6 is 15.9 Å². The van der Waals surface area contributed by atoms with Gasteiger partial charge < -0.3 is 5.32 Å². The molecule has 0 saturated carbocycles. The van der Waals surface area contributed by atoms with Crippen LogP contribution in [0.4, 0.5) is 11.4 Å². The standard InChI is InChI=1S/C16H13BrN2O/c1-9-4-3-5-10(2)14(9)19-15-12-8-11(17)6-7-13(12)18-16(15)20/h3-8H,1-2H3,(H,18,19,20). The van der Waals surface area contributed by atoms with Gasteiger partial charge in [0, 0.05) is 10.0 Å². The van der Waals surface area contributed by atoms with Gasteiger partial charge in [-0.2, -0.15) is 0 Å². The average Bonchev–Trinajstić information content (AvgIpc) is 2.70. The van der Waals surface area contributed by atoms with E-state index in [2.05, 4.69) is 26.2 Å². The number of hydrogen-bond acceptors (Lipinski definition) is 2. The molecule has 0 unspecified atom stereocenters. The highest BCUT2D eigenvalue weighted by Crippen LogP contribution is 2.30. The summed E-state index contributed by atoms with van der Waals surface area (Å²) in [7, 11) is 0. The summed E-state index contributed by atoms with van der Waals surface area (Å²) in [4.78, 5) is 16.7. The van der Waals surface area contributed by atoms with E-state index in [1.165, 1.54) is 0 Å². The Hall–Kier alpha value is -1.94. The maximum Gasteiger partial charge on any atom is 0.275 e. The smallest absolute Gasteiger partial charge is 0.275 e. The summed E-state index contributed by atoms with van der Waals surface area (Å²) in [5.74, 6) is -0.152. The van der Waals surface area contributed by atoms with Crippen molar-refractivity contribution in [2.75, 3.05) is 5.32 Å². The van der Waals surface area contributed by atoms with Crippen molar-refractivity contribution in [3.8, 4) is 0 Å². The van der Waals surface area contributed by atoms with Crippen LogP contribution in [0.2, 0.25) is 0 Å². The van der Waals surface area contributed by atoms with Crippen LogP contribution in [0, 0.1) is 13.8 Å². The molecular weight excluding hydrogens is 316 g/mol. The molecule has 1 heterocycles. The third-order valence-corrected chi connectivity index (χ3v) is 3.86. The van der Waals surface area contributed by atoms with Crippen molar-refractivity contribution < 1.29 is 4.79 Å². The highest BCUT2D eigenvalue weighted by atomic mass is 79.9. The molecule has 0 fully saturated rings. The van der Waals surface area contributed by atoms with E-state index in [-0.39, 0.29) is 5.91 Å². The second kappa shape index (κ2) is 4.87. The van der Waals surface area contributed by atoms with Crippen LogP contribution in [0.15, 0.2) is 45.9 Å². The number of hydrogen-bond donors (Lipinski definition) is 1. The number of aliphatic imine (C=N–C) groups is 1. The number of halogens is 1. The predicted molar refractivity (Wildman–Crippen MR) is 84.9 cm³/mol. The summed E-state index contributed by atoms with van der Waals surface area (Å²) in [5, 5.41) is 2.84. The summed E-state index contributed by atoms with van der Waals surface area (Å²) >= 11 is 3.43.